The minimum Gasteiger partial charge on any atom is -0.317 e. The van der Waals surface area contributed by atoms with Crippen molar-refractivity contribution in [2.45, 2.75) is 56.5 Å². The Morgan fingerprint density at radius 2 is 1.60 bits per heavy atom. The molecular formula is C15H24N2O2S. The molecule has 20 heavy (non-hydrogen) atoms. The highest BCUT2D eigenvalue weighted by Gasteiger charge is 2.25. The van der Waals surface area contributed by atoms with Crippen LogP contribution in [0, 0.1) is 13.8 Å². The van der Waals surface area contributed by atoms with E-state index in [1.54, 1.807) is 12.1 Å². The van der Waals surface area contributed by atoms with Crippen molar-refractivity contribution in [3.8, 4) is 0 Å². The Morgan fingerprint density at radius 1 is 1.00 bits per heavy atom. The highest BCUT2D eigenvalue weighted by atomic mass is 32.2. The van der Waals surface area contributed by atoms with E-state index in [-0.39, 0.29) is 6.04 Å². The first kappa shape index (κ1) is 15.5. The molecule has 0 spiro atoms. The Bertz CT molecular complexity index is 561. The summed E-state index contributed by atoms with van der Waals surface area (Å²) in [5, 5.41) is 3.26. The van der Waals surface area contributed by atoms with Crippen molar-refractivity contribution < 1.29 is 8.42 Å². The number of benzene rings is 1. The molecule has 0 amide bonds. The first-order chi connectivity index (χ1) is 9.42. The SMILES string of the molecule is CNC1CCC(NS(=O)(=O)c2ccc(C)c(C)c2)CC1. The number of nitrogens with one attached hydrogen (secondary N) is 2. The standard InChI is InChI=1S/C15H24N2O2S/c1-11-4-9-15(10-12(11)2)20(18,19)17-14-7-5-13(16-3)6-8-14/h4,9-10,13-14,16-17H,5-8H2,1-3H3. The predicted octanol–water partition coefficient (Wildman–Crippen LogP) is 2.11. The fourth-order valence-electron chi connectivity index (χ4n) is 2.67. The second-order valence-corrected chi connectivity index (χ2v) is 7.42. The number of hydrogen-bond acceptors (Lipinski definition) is 3. The van der Waals surface area contributed by atoms with E-state index in [2.05, 4.69) is 10.0 Å². The molecule has 1 aliphatic carbocycles. The van der Waals surface area contributed by atoms with Crippen LogP contribution < -0.4 is 10.0 Å². The van der Waals surface area contributed by atoms with E-state index >= 15 is 0 Å². The molecule has 2 N–H and O–H groups in total. The summed E-state index contributed by atoms with van der Waals surface area (Å²) >= 11 is 0. The van der Waals surface area contributed by atoms with Crippen LogP contribution in [0.25, 0.3) is 0 Å². The van der Waals surface area contributed by atoms with Gasteiger partial charge in [0.15, 0.2) is 0 Å². The number of sulfonamides is 1. The van der Waals surface area contributed by atoms with E-state index in [1.807, 2.05) is 27.0 Å². The molecular weight excluding hydrogens is 272 g/mol. The maximum atomic E-state index is 12.4. The van der Waals surface area contributed by atoms with Crippen LogP contribution in [0.15, 0.2) is 23.1 Å². The molecule has 0 aliphatic heterocycles. The maximum Gasteiger partial charge on any atom is 0.240 e. The van der Waals surface area contributed by atoms with Gasteiger partial charge in [-0.1, -0.05) is 6.07 Å². The quantitative estimate of drug-likeness (QED) is 0.894. The Balaban J connectivity index is 2.06. The van der Waals surface area contributed by atoms with E-state index in [4.69, 9.17) is 0 Å². The first-order valence-corrected chi connectivity index (χ1v) is 8.67. The van der Waals surface area contributed by atoms with Crippen molar-refractivity contribution >= 4 is 10.0 Å². The molecule has 112 valence electrons. The molecule has 0 unspecified atom stereocenters. The molecule has 5 heteroatoms. The largest absolute Gasteiger partial charge is 0.317 e. The summed E-state index contributed by atoms with van der Waals surface area (Å²) in [5.74, 6) is 0. The van der Waals surface area contributed by atoms with Gasteiger partial charge in [-0.15, -0.1) is 0 Å². The van der Waals surface area contributed by atoms with Crippen LogP contribution in [-0.2, 0) is 10.0 Å². The number of aryl methyl sites for hydroxylation is 2. The molecule has 0 atom stereocenters. The minimum atomic E-state index is -3.39. The Kier molecular flexibility index (Phi) is 4.83. The summed E-state index contributed by atoms with van der Waals surface area (Å²) < 4.78 is 27.6. The summed E-state index contributed by atoms with van der Waals surface area (Å²) in [6.07, 6.45) is 3.85. The zero-order valence-corrected chi connectivity index (χ0v) is 13.3. The third-order valence-corrected chi connectivity index (χ3v) is 5.76. The van der Waals surface area contributed by atoms with Gasteiger partial charge in [0.05, 0.1) is 4.90 Å². The van der Waals surface area contributed by atoms with Crippen LogP contribution in [0.5, 0.6) is 0 Å². The van der Waals surface area contributed by atoms with Crippen molar-refractivity contribution in [3.05, 3.63) is 29.3 Å². The maximum absolute atomic E-state index is 12.4. The van der Waals surface area contributed by atoms with Gasteiger partial charge in [0.2, 0.25) is 10.0 Å². The number of rotatable bonds is 4. The topological polar surface area (TPSA) is 58.2 Å². The lowest BCUT2D eigenvalue weighted by atomic mass is 9.92. The lowest BCUT2D eigenvalue weighted by molar-refractivity contribution is 0.343. The molecule has 0 heterocycles. The summed E-state index contributed by atoms with van der Waals surface area (Å²) in [4.78, 5) is 0.372. The third kappa shape index (κ3) is 3.59. The molecule has 1 saturated carbocycles. The summed E-state index contributed by atoms with van der Waals surface area (Å²) in [6.45, 7) is 3.92. The van der Waals surface area contributed by atoms with Gasteiger partial charge in [-0.25, -0.2) is 13.1 Å². The average molecular weight is 296 g/mol. The van der Waals surface area contributed by atoms with Crippen molar-refractivity contribution in [3.63, 3.8) is 0 Å². The smallest absolute Gasteiger partial charge is 0.240 e. The zero-order chi connectivity index (χ0) is 14.8. The van der Waals surface area contributed by atoms with Gasteiger partial charge in [-0.3, -0.25) is 0 Å². The second kappa shape index (κ2) is 6.24. The Hall–Kier alpha value is -0.910. The fraction of sp³-hybridized carbons (Fsp3) is 0.600. The minimum absolute atomic E-state index is 0.0613. The van der Waals surface area contributed by atoms with Gasteiger partial charge in [-0.05, 0) is 69.8 Å². The van der Waals surface area contributed by atoms with Crippen LogP contribution in [0.1, 0.15) is 36.8 Å². The highest BCUT2D eigenvalue weighted by molar-refractivity contribution is 7.89. The molecule has 0 radical (unpaired) electrons. The third-order valence-electron chi connectivity index (χ3n) is 4.25. The first-order valence-electron chi connectivity index (χ1n) is 7.19. The van der Waals surface area contributed by atoms with E-state index in [1.165, 1.54) is 0 Å². The van der Waals surface area contributed by atoms with Crippen LogP contribution in [0.2, 0.25) is 0 Å². The monoisotopic (exact) mass is 296 g/mol. The molecule has 4 nitrogen and oxygen atoms in total. The number of hydrogen-bond donors (Lipinski definition) is 2. The van der Waals surface area contributed by atoms with Crippen LogP contribution in [0.3, 0.4) is 0 Å². The highest BCUT2D eigenvalue weighted by Crippen LogP contribution is 2.21. The average Bonchev–Trinajstić information content (AvgIpc) is 2.42. The molecule has 1 fully saturated rings. The molecule has 0 saturated heterocycles. The summed E-state index contributed by atoms with van der Waals surface area (Å²) in [5.41, 5.74) is 2.12. The Labute approximate surface area is 122 Å². The molecule has 0 aromatic heterocycles. The van der Waals surface area contributed by atoms with Crippen molar-refractivity contribution in [2.75, 3.05) is 7.05 Å². The Morgan fingerprint density at radius 3 is 2.15 bits per heavy atom. The summed E-state index contributed by atoms with van der Waals surface area (Å²) in [6, 6.07) is 5.88. The van der Waals surface area contributed by atoms with E-state index in [9.17, 15) is 8.42 Å². The second-order valence-electron chi connectivity index (χ2n) is 5.70. The van der Waals surface area contributed by atoms with E-state index < -0.39 is 10.0 Å². The van der Waals surface area contributed by atoms with Gasteiger partial charge >= 0.3 is 0 Å². The van der Waals surface area contributed by atoms with Crippen molar-refractivity contribution in [1.29, 1.82) is 0 Å². The molecule has 1 aliphatic rings. The van der Waals surface area contributed by atoms with Crippen LogP contribution in [-0.4, -0.2) is 27.5 Å². The van der Waals surface area contributed by atoms with Crippen molar-refractivity contribution in [2.24, 2.45) is 0 Å². The predicted molar refractivity (Wildman–Crippen MR) is 81.3 cm³/mol. The lowest BCUT2D eigenvalue weighted by Gasteiger charge is -2.28. The normalized spacial score (nSPS) is 23.8. The van der Waals surface area contributed by atoms with Gasteiger partial charge in [0.1, 0.15) is 0 Å². The molecule has 1 aromatic carbocycles. The van der Waals surface area contributed by atoms with Crippen LogP contribution >= 0.6 is 0 Å². The molecule has 1 aromatic rings. The van der Waals surface area contributed by atoms with Gasteiger partial charge < -0.3 is 5.32 Å². The molecule has 0 bridgehead atoms. The molecule has 2 rings (SSSR count). The van der Waals surface area contributed by atoms with Gasteiger partial charge in [0.25, 0.3) is 0 Å². The van der Waals surface area contributed by atoms with Crippen LogP contribution in [0.4, 0.5) is 0 Å². The zero-order valence-electron chi connectivity index (χ0n) is 12.4. The lowest BCUT2D eigenvalue weighted by Crippen LogP contribution is -2.41. The van der Waals surface area contributed by atoms with Crippen molar-refractivity contribution in [1.82, 2.24) is 10.0 Å². The van der Waals surface area contributed by atoms with Gasteiger partial charge in [-0.2, -0.15) is 0 Å². The van der Waals surface area contributed by atoms with E-state index in [0.29, 0.717) is 10.9 Å². The fourth-order valence-corrected chi connectivity index (χ4v) is 4.06. The summed E-state index contributed by atoms with van der Waals surface area (Å²) in [7, 11) is -1.43. The van der Waals surface area contributed by atoms with Gasteiger partial charge in [0, 0.05) is 12.1 Å². The van der Waals surface area contributed by atoms with E-state index in [0.717, 1.165) is 36.8 Å².